The number of pyridine rings is 1. The molecule has 2 rings (SSSR count). The first kappa shape index (κ1) is 13.8. The Balaban J connectivity index is 2.42. The monoisotopic (exact) mass is 322 g/mol. The summed E-state index contributed by atoms with van der Waals surface area (Å²) in [5, 5.41) is 14.2. The molecule has 2 N–H and O–H groups in total. The predicted molar refractivity (Wildman–Crippen MR) is 79.3 cm³/mol. The number of carboxylic acids is 1. The van der Waals surface area contributed by atoms with Crippen LogP contribution in [0.4, 0.5) is 5.82 Å². The zero-order chi connectivity index (χ0) is 14.0. The van der Waals surface area contributed by atoms with E-state index in [4.69, 9.17) is 0 Å². The predicted octanol–water partition coefficient (Wildman–Crippen LogP) is 3.52. The van der Waals surface area contributed by atoms with E-state index in [1.54, 1.807) is 6.20 Å². The van der Waals surface area contributed by atoms with E-state index in [1.807, 2.05) is 38.1 Å². The molecule has 4 nitrogen and oxygen atoms in total. The van der Waals surface area contributed by atoms with Crippen LogP contribution >= 0.6 is 15.9 Å². The van der Waals surface area contributed by atoms with E-state index in [-0.39, 0.29) is 5.92 Å². The van der Waals surface area contributed by atoms with Crippen LogP contribution in [-0.4, -0.2) is 22.1 Å². The Morgan fingerprint density at radius 3 is 2.74 bits per heavy atom. The fourth-order valence-electron chi connectivity index (χ4n) is 1.92. The minimum atomic E-state index is -0.870. The van der Waals surface area contributed by atoms with Crippen LogP contribution in [0.2, 0.25) is 0 Å². The van der Waals surface area contributed by atoms with E-state index >= 15 is 0 Å². The van der Waals surface area contributed by atoms with Gasteiger partial charge in [0.2, 0.25) is 0 Å². The minimum Gasteiger partial charge on any atom is -0.480 e. The lowest BCUT2D eigenvalue weighted by Gasteiger charge is -2.19. The van der Waals surface area contributed by atoms with Crippen LogP contribution in [0.5, 0.6) is 0 Å². The Morgan fingerprint density at radius 2 is 2.11 bits per heavy atom. The first-order chi connectivity index (χ1) is 8.99. The second kappa shape index (κ2) is 5.57. The first-order valence-corrected chi connectivity index (χ1v) is 6.82. The molecular weight excluding hydrogens is 308 g/mol. The van der Waals surface area contributed by atoms with Gasteiger partial charge in [-0.3, -0.25) is 0 Å². The lowest BCUT2D eigenvalue weighted by molar-refractivity contribution is -0.138. The Labute approximate surface area is 120 Å². The molecule has 0 aliphatic heterocycles. The molecule has 1 aromatic heterocycles. The second-order valence-electron chi connectivity index (χ2n) is 4.73. The Hall–Kier alpha value is -1.62. The molecule has 0 saturated heterocycles. The van der Waals surface area contributed by atoms with Crippen molar-refractivity contribution in [3.05, 3.63) is 34.9 Å². The van der Waals surface area contributed by atoms with Gasteiger partial charge in [-0.1, -0.05) is 29.8 Å². The highest BCUT2D eigenvalue weighted by Gasteiger charge is 2.22. The van der Waals surface area contributed by atoms with Crippen molar-refractivity contribution in [1.29, 1.82) is 0 Å². The SMILES string of the molecule is CC(C)[C@@H](Nc1nccc2cc(Br)ccc12)C(=O)O. The van der Waals surface area contributed by atoms with Crippen LogP contribution in [0.25, 0.3) is 10.8 Å². The van der Waals surface area contributed by atoms with Crippen LogP contribution < -0.4 is 5.32 Å². The molecule has 1 aromatic carbocycles. The van der Waals surface area contributed by atoms with Gasteiger partial charge in [0.15, 0.2) is 0 Å². The summed E-state index contributed by atoms with van der Waals surface area (Å²) in [7, 11) is 0. The molecule has 0 radical (unpaired) electrons. The maximum absolute atomic E-state index is 11.2. The quantitative estimate of drug-likeness (QED) is 0.904. The molecule has 0 unspecified atom stereocenters. The summed E-state index contributed by atoms with van der Waals surface area (Å²) < 4.78 is 0.982. The Morgan fingerprint density at radius 1 is 1.37 bits per heavy atom. The van der Waals surface area contributed by atoms with Crippen molar-refractivity contribution in [1.82, 2.24) is 4.98 Å². The molecule has 1 heterocycles. The van der Waals surface area contributed by atoms with Gasteiger partial charge in [0.25, 0.3) is 0 Å². The number of rotatable bonds is 4. The lowest BCUT2D eigenvalue weighted by atomic mass is 10.0. The number of nitrogens with zero attached hydrogens (tertiary/aromatic N) is 1. The van der Waals surface area contributed by atoms with Gasteiger partial charge < -0.3 is 10.4 Å². The van der Waals surface area contributed by atoms with Gasteiger partial charge in [0.05, 0.1) is 0 Å². The van der Waals surface area contributed by atoms with Gasteiger partial charge >= 0.3 is 5.97 Å². The third kappa shape index (κ3) is 3.04. The van der Waals surface area contributed by atoms with Crippen LogP contribution in [-0.2, 0) is 4.79 Å². The Kier molecular flexibility index (Phi) is 4.04. The van der Waals surface area contributed by atoms with E-state index in [0.717, 1.165) is 15.2 Å². The molecule has 1 atom stereocenters. The topological polar surface area (TPSA) is 62.2 Å². The molecule has 0 bridgehead atoms. The van der Waals surface area contributed by atoms with Crippen molar-refractivity contribution >= 4 is 38.5 Å². The highest BCUT2D eigenvalue weighted by Crippen LogP contribution is 2.25. The third-order valence-electron chi connectivity index (χ3n) is 2.95. The minimum absolute atomic E-state index is 0.0231. The summed E-state index contributed by atoms with van der Waals surface area (Å²) >= 11 is 3.42. The van der Waals surface area contributed by atoms with Crippen molar-refractivity contribution in [3.8, 4) is 0 Å². The number of aliphatic carboxylic acids is 1. The summed E-state index contributed by atoms with van der Waals surface area (Å²) in [4.78, 5) is 15.5. The number of hydrogen-bond donors (Lipinski definition) is 2. The average Bonchev–Trinajstić information content (AvgIpc) is 2.34. The molecule has 0 aliphatic carbocycles. The zero-order valence-electron chi connectivity index (χ0n) is 10.7. The normalized spacial score (nSPS) is 12.6. The van der Waals surface area contributed by atoms with Crippen molar-refractivity contribution in [2.24, 2.45) is 5.92 Å². The second-order valence-corrected chi connectivity index (χ2v) is 5.64. The number of fused-ring (bicyclic) bond motifs is 1. The molecule has 19 heavy (non-hydrogen) atoms. The number of carbonyl (C=O) groups is 1. The third-order valence-corrected chi connectivity index (χ3v) is 3.44. The van der Waals surface area contributed by atoms with Crippen molar-refractivity contribution in [2.45, 2.75) is 19.9 Å². The van der Waals surface area contributed by atoms with Crippen molar-refractivity contribution < 1.29 is 9.90 Å². The molecule has 0 spiro atoms. The van der Waals surface area contributed by atoms with Crippen LogP contribution in [0.15, 0.2) is 34.9 Å². The van der Waals surface area contributed by atoms with E-state index in [1.165, 1.54) is 0 Å². The molecular formula is C14H15BrN2O2. The number of halogens is 1. The van der Waals surface area contributed by atoms with Crippen molar-refractivity contribution in [3.63, 3.8) is 0 Å². The van der Waals surface area contributed by atoms with Crippen LogP contribution in [0.3, 0.4) is 0 Å². The van der Waals surface area contributed by atoms with Gasteiger partial charge in [-0.25, -0.2) is 9.78 Å². The summed E-state index contributed by atoms with van der Waals surface area (Å²) in [6.45, 7) is 3.74. The highest BCUT2D eigenvalue weighted by atomic mass is 79.9. The summed E-state index contributed by atoms with van der Waals surface area (Å²) in [6.07, 6.45) is 1.68. The smallest absolute Gasteiger partial charge is 0.326 e. The molecule has 2 aromatic rings. The number of aromatic nitrogens is 1. The Bertz CT molecular complexity index is 613. The van der Waals surface area contributed by atoms with Gasteiger partial charge in [-0.15, -0.1) is 0 Å². The van der Waals surface area contributed by atoms with E-state index in [9.17, 15) is 9.90 Å². The maximum Gasteiger partial charge on any atom is 0.326 e. The van der Waals surface area contributed by atoms with Gasteiger partial charge in [0, 0.05) is 16.1 Å². The molecule has 100 valence electrons. The average molecular weight is 323 g/mol. The number of benzene rings is 1. The number of hydrogen-bond acceptors (Lipinski definition) is 3. The lowest BCUT2D eigenvalue weighted by Crippen LogP contribution is -2.34. The summed E-state index contributed by atoms with van der Waals surface area (Å²) in [5.74, 6) is -0.290. The zero-order valence-corrected chi connectivity index (χ0v) is 12.3. The van der Waals surface area contributed by atoms with E-state index < -0.39 is 12.0 Å². The fraction of sp³-hybridized carbons (Fsp3) is 0.286. The van der Waals surface area contributed by atoms with Crippen molar-refractivity contribution in [2.75, 3.05) is 5.32 Å². The van der Waals surface area contributed by atoms with Crippen LogP contribution in [0, 0.1) is 5.92 Å². The van der Waals surface area contributed by atoms with Gasteiger partial charge in [0.1, 0.15) is 11.9 Å². The molecule has 0 aliphatic rings. The number of anilines is 1. The maximum atomic E-state index is 11.2. The highest BCUT2D eigenvalue weighted by molar-refractivity contribution is 9.10. The van der Waals surface area contributed by atoms with Gasteiger partial charge in [-0.05, 0) is 35.6 Å². The first-order valence-electron chi connectivity index (χ1n) is 6.02. The summed E-state index contributed by atoms with van der Waals surface area (Å²) in [5.41, 5.74) is 0. The number of nitrogens with one attached hydrogen (secondary N) is 1. The molecule has 0 amide bonds. The molecule has 5 heteroatoms. The standard InChI is InChI=1S/C14H15BrN2O2/c1-8(2)12(14(18)19)17-13-11-4-3-10(15)7-9(11)5-6-16-13/h3-8,12H,1-2H3,(H,16,17)(H,18,19)/t12-/m1/s1. The van der Waals surface area contributed by atoms with Gasteiger partial charge in [-0.2, -0.15) is 0 Å². The van der Waals surface area contributed by atoms with E-state index in [2.05, 4.69) is 26.2 Å². The van der Waals surface area contributed by atoms with E-state index in [0.29, 0.717) is 5.82 Å². The largest absolute Gasteiger partial charge is 0.480 e. The molecule has 0 saturated carbocycles. The van der Waals surface area contributed by atoms with Crippen LogP contribution in [0.1, 0.15) is 13.8 Å². The summed E-state index contributed by atoms with van der Waals surface area (Å²) in [6, 6.07) is 7.07. The fourth-order valence-corrected chi connectivity index (χ4v) is 2.30. The number of carboxylic acid groups (broad SMARTS) is 1. The molecule has 0 fully saturated rings.